The van der Waals surface area contributed by atoms with Gasteiger partial charge in [0.25, 0.3) is 0 Å². The maximum Gasteiger partial charge on any atom is 0.310 e. The summed E-state index contributed by atoms with van der Waals surface area (Å²) < 4.78 is 10.2. The Morgan fingerprint density at radius 3 is 2.90 bits per heavy atom. The number of thiophene rings is 1. The van der Waals surface area contributed by atoms with Crippen LogP contribution in [0, 0.1) is 0 Å². The van der Waals surface area contributed by atoms with Gasteiger partial charge in [-0.1, -0.05) is 6.92 Å². The maximum atomic E-state index is 11.2. The van der Waals surface area contributed by atoms with E-state index >= 15 is 0 Å². The van der Waals surface area contributed by atoms with Crippen molar-refractivity contribution < 1.29 is 13.9 Å². The van der Waals surface area contributed by atoms with Crippen LogP contribution in [-0.4, -0.2) is 18.1 Å². The third-order valence-electron chi connectivity index (χ3n) is 2.79. The molecule has 0 bridgehead atoms. The Hall–Kier alpha value is -1.66. The molecule has 2 aromatic heterocycles. The largest absolute Gasteiger partial charge is 0.469 e. The van der Waals surface area contributed by atoms with E-state index in [0.717, 1.165) is 23.6 Å². The van der Waals surface area contributed by atoms with E-state index in [-0.39, 0.29) is 5.97 Å². The quantitative estimate of drug-likeness (QED) is 0.794. The highest BCUT2D eigenvalue weighted by atomic mass is 32.1. The molecule has 5 nitrogen and oxygen atoms in total. The van der Waals surface area contributed by atoms with Crippen molar-refractivity contribution in [2.24, 2.45) is 0 Å². The molecule has 0 amide bonds. The minimum absolute atomic E-state index is 0.210. The molecule has 0 spiro atoms. The van der Waals surface area contributed by atoms with Crippen LogP contribution in [-0.2, 0) is 35.5 Å². The van der Waals surface area contributed by atoms with Gasteiger partial charge in [0.05, 0.1) is 26.3 Å². The fraction of sp³-hybridized carbons (Fsp3) is 0.429. The zero-order valence-electron chi connectivity index (χ0n) is 11.6. The minimum atomic E-state index is -0.210. The van der Waals surface area contributed by atoms with E-state index in [4.69, 9.17) is 4.42 Å². The Bertz CT molecular complexity index is 562. The molecule has 0 aliphatic carbocycles. The van der Waals surface area contributed by atoms with Gasteiger partial charge in [0, 0.05) is 22.7 Å². The smallest absolute Gasteiger partial charge is 0.310 e. The van der Waals surface area contributed by atoms with Gasteiger partial charge >= 0.3 is 5.97 Å². The van der Waals surface area contributed by atoms with E-state index in [1.54, 1.807) is 17.5 Å². The molecule has 0 fully saturated rings. The van der Waals surface area contributed by atoms with Crippen LogP contribution in [0.4, 0.5) is 0 Å². The van der Waals surface area contributed by atoms with Gasteiger partial charge in [-0.25, -0.2) is 4.98 Å². The van der Waals surface area contributed by atoms with Crippen molar-refractivity contribution in [1.82, 2.24) is 10.3 Å². The van der Waals surface area contributed by atoms with E-state index in [9.17, 15) is 4.79 Å². The number of nitrogens with one attached hydrogen (secondary N) is 1. The number of carbonyl (C=O) groups excluding carboxylic acids is 1. The molecule has 0 atom stereocenters. The molecule has 0 saturated carbocycles. The van der Waals surface area contributed by atoms with Crippen LogP contribution in [0.1, 0.15) is 28.3 Å². The van der Waals surface area contributed by atoms with Gasteiger partial charge < -0.3 is 14.5 Å². The maximum absolute atomic E-state index is 11.2. The zero-order chi connectivity index (χ0) is 14.4. The second kappa shape index (κ2) is 7.21. The topological polar surface area (TPSA) is 64.4 Å². The fourth-order valence-electron chi connectivity index (χ4n) is 1.71. The second-order valence-electron chi connectivity index (χ2n) is 4.30. The number of hydrogen-bond donors (Lipinski definition) is 1. The van der Waals surface area contributed by atoms with Crippen LogP contribution in [0.2, 0.25) is 0 Å². The highest BCUT2D eigenvalue weighted by Crippen LogP contribution is 2.17. The monoisotopic (exact) mass is 294 g/mol. The van der Waals surface area contributed by atoms with E-state index in [1.165, 1.54) is 12.0 Å². The molecule has 1 N–H and O–H groups in total. The number of aromatic nitrogens is 1. The number of oxazole rings is 1. The van der Waals surface area contributed by atoms with Gasteiger partial charge in [0.15, 0.2) is 0 Å². The number of hydrogen-bond acceptors (Lipinski definition) is 6. The first-order valence-electron chi connectivity index (χ1n) is 6.50. The van der Waals surface area contributed by atoms with Crippen molar-refractivity contribution in [1.29, 1.82) is 0 Å². The number of ether oxygens (including phenoxy) is 1. The number of rotatable bonds is 7. The molecule has 6 heteroatoms. The Morgan fingerprint density at radius 2 is 2.20 bits per heavy atom. The third-order valence-corrected chi connectivity index (χ3v) is 3.87. The summed E-state index contributed by atoms with van der Waals surface area (Å²) in [4.78, 5) is 17.5. The molecule has 20 heavy (non-hydrogen) atoms. The van der Waals surface area contributed by atoms with E-state index in [0.29, 0.717) is 18.9 Å². The van der Waals surface area contributed by atoms with Crippen LogP contribution in [0.25, 0.3) is 0 Å². The van der Waals surface area contributed by atoms with Crippen LogP contribution >= 0.6 is 11.3 Å². The first-order chi connectivity index (χ1) is 9.71. The van der Waals surface area contributed by atoms with Gasteiger partial charge in [-0.3, -0.25) is 4.79 Å². The van der Waals surface area contributed by atoms with Crippen molar-refractivity contribution in [3.05, 3.63) is 39.7 Å². The summed E-state index contributed by atoms with van der Waals surface area (Å²) in [5.41, 5.74) is 0. The van der Waals surface area contributed by atoms with E-state index < -0.39 is 0 Å². The average molecular weight is 294 g/mol. The standard InChI is InChI=1S/C14H18N2O3S/c1-3-10-7-16-13(19-10)9-15-8-12-5-4-11(20-12)6-14(17)18-2/h4-5,7,15H,3,6,8-9H2,1-2H3. The van der Waals surface area contributed by atoms with Gasteiger partial charge in [0.2, 0.25) is 5.89 Å². The molecule has 0 aromatic carbocycles. The lowest BCUT2D eigenvalue weighted by molar-refractivity contribution is -0.139. The predicted molar refractivity (Wildman–Crippen MR) is 76.5 cm³/mol. The molecular weight excluding hydrogens is 276 g/mol. The van der Waals surface area contributed by atoms with Crippen molar-refractivity contribution in [3.63, 3.8) is 0 Å². The summed E-state index contributed by atoms with van der Waals surface area (Å²) in [6, 6.07) is 3.97. The molecule has 2 aromatic rings. The Morgan fingerprint density at radius 1 is 1.40 bits per heavy atom. The Kier molecular flexibility index (Phi) is 5.31. The number of nitrogens with zero attached hydrogens (tertiary/aromatic N) is 1. The minimum Gasteiger partial charge on any atom is -0.469 e. The van der Waals surface area contributed by atoms with Crippen molar-refractivity contribution in [2.75, 3.05) is 7.11 Å². The summed E-state index contributed by atoms with van der Waals surface area (Å²) in [7, 11) is 1.40. The lowest BCUT2D eigenvalue weighted by Crippen LogP contribution is -2.11. The van der Waals surface area contributed by atoms with E-state index in [1.807, 2.05) is 19.1 Å². The van der Waals surface area contributed by atoms with Crippen LogP contribution in [0.15, 0.2) is 22.7 Å². The van der Waals surface area contributed by atoms with Crippen LogP contribution in [0.5, 0.6) is 0 Å². The lowest BCUT2D eigenvalue weighted by atomic mass is 10.3. The molecule has 0 saturated heterocycles. The Balaban J connectivity index is 1.78. The Labute approximate surface area is 122 Å². The molecule has 0 aliphatic rings. The molecule has 2 heterocycles. The summed E-state index contributed by atoms with van der Waals surface area (Å²) >= 11 is 1.61. The average Bonchev–Trinajstić information content (AvgIpc) is 3.08. The molecule has 0 radical (unpaired) electrons. The van der Waals surface area contributed by atoms with E-state index in [2.05, 4.69) is 15.0 Å². The van der Waals surface area contributed by atoms with Gasteiger partial charge in [0.1, 0.15) is 5.76 Å². The normalized spacial score (nSPS) is 10.7. The first kappa shape index (κ1) is 14.7. The van der Waals surface area contributed by atoms with Gasteiger partial charge in [-0.05, 0) is 12.1 Å². The number of methoxy groups -OCH3 is 1. The molecular formula is C14H18N2O3S. The second-order valence-corrected chi connectivity index (χ2v) is 5.55. The highest BCUT2D eigenvalue weighted by Gasteiger charge is 2.07. The summed E-state index contributed by atoms with van der Waals surface area (Å²) in [6.07, 6.45) is 2.95. The molecule has 2 rings (SSSR count). The van der Waals surface area contributed by atoms with Crippen LogP contribution in [0.3, 0.4) is 0 Å². The summed E-state index contributed by atoms with van der Waals surface area (Å²) in [6.45, 7) is 3.37. The van der Waals surface area contributed by atoms with Crippen molar-refractivity contribution in [2.45, 2.75) is 32.9 Å². The number of carbonyl (C=O) groups is 1. The SMILES string of the molecule is CCc1cnc(CNCc2ccc(CC(=O)OC)s2)o1. The van der Waals surface area contributed by atoms with Crippen molar-refractivity contribution in [3.8, 4) is 0 Å². The highest BCUT2D eigenvalue weighted by molar-refractivity contribution is 7.12. The lowest BCUT2D eigenvalue weighted by Gasteiger charge is -1.99. The first-order valence-corrected chi connectivity index (χ1v) is 7.31. The fourth-order valence-corrected chi connectivity index (χ4v) is 2.69. The van der Waals surface area contributed by atoms with Crippen molar-refractivity contribution >= 4 is 17.3 Å². The molecule has 108 valence electrons. The summed E-state index contributed by atoms with van der Waals surface area (Å²) in [5, 5.41) is 3.27. The number of aryl methyl sites for hydroxylation is 1. The summed E-state index contributed by atoms with van der Waals surface area (Å²) in [5.74, 6) is 1.39. The predicted octanol–water partition coefficient (Wildman–Crippen LogP) is 2.30. The van der Waals surface area contributed by atoms with Gasteiger partial charge in [-0.2, -0.15) is 0 Å². The number of esters is 1. The zero-order valence-corrected chi connectivity index (χ0v) is 12.5. The van der Waals surface area contributed by atoms with Gasteiger partial charge in [-0.15, -0.1) is 11.3 Å². The molecule has 0 aliphatic heterocycles. The van der Waals surface area contributed by atoms with Crippen LogP contribution < -0.4 is 5.32 Å². The third kappa shape index (κ3) is 4.18. The molecule has 0 unspecified atom stereocenters.